The predicted molar refractivity (Wildman–Crippen MR) is 73.4 cm³/mol. The Labute approximate surface area is 119 Å². The van der Waals surface area contributed by atoms with Gasteiger partial charge in [0.05, 0.1) is 12.5 Å². The molecule has 0 radical (unpaired) electrons. The highest BCUT2D eigenvalue weighted by molar-refractivity contribution is 5.77. The fraction of sp³-hybridized carbons (Fsp3) is 0.857. The summed E-state index contributed by atoms with van der Waals surface area (Å²) in [7, 11) is 1.60. The van der Waals surface area contributed by atoms with Crippen molar-refractivity contribution in [1.82, 2.24) is 10.2 Å². The van der Waals surface area contributed by atoms with Crippen molar-refractivity contribution in [3.8, 4) is 0 Å². The van der Waals surface area contributed by atoms with Crippen molar-refractivity contribution in [2.75, 3.05) is 26.8 Å². The van der Waals surface area contributed by atoms with Crippen LogP contribution in [0.2, 0.25) is 0 Å². The molecule has 2 aliphatic carbocycles. The SMILES string of the molecule is CCN(CCOC)C(=O)NC1C2CCC(C2)C1C(=O)O. The van der Waals surface area contributed by atoms with Crippen LogP contribution < -0.4 is 5.32 Å². The molecule has 0 aromatic rings. The van der Waals surface area contributed by atoms with Crippen LogP contribution in [0.3, 0.4) is 0 Å². The number of nitrogens with one attached hydrogen (secondary N) is 1. The van der Waals surface area contributed by atoms with Crippen LogP contribution in [0.5, 0.6) is 0 Å². The van der Waals surface area contributed by atoms with Gasteiger partial charge in [0.15, 0.2) is 0 Å². The molecule has 0 aliphatic heterocycles. The van der Waals surface area contributed by atoms with Crippen molar-refractivity contribution in [2.24, 2.45) is 17.8 Å². The molecule has 0 heterocycles. The lowest BCUT2D eigenvalue weighted by Crippen LogP contribution is -2.51. The number of carboxylic acid groups (broad SMARTS) is 1. The molecule has 6 heteroatoms. The van der Waals surface area contributed by atoms with Crippen LogP contribution in [0.1, 0.15) is 26.2 Å². The summed E-state index contributed by atoms with van der Waals surface area (Å²) in [6.45, 7) is 3.51. The lowest BCUT2D eigenvalue weighted by molar-refractivity contribution is -0.144. The first-order valence-electron chi connectivity index (χ1n) is 7.35. The molecule has 114 valence electrons. The van der Waals surface area contributed by atoms with E-state index in [9.17, 15) is 14.7 Å². The van der Waals surface area contributed by atoms with Crippen LogP contribution >= 0.6 is 0 Å². The second kappa shape index (κ2) is 6.43. The number of hydrogen-bond donors (Lipinski definition) is 2. The summed E-state index contributed by atoms with van der Waals surface area (Å²) in [5.74, 6) is -0.635. The third kappa shape index (κ3) is 2.90. The maximum atomic E-state index is 12.2. The van der Waals surface area contributed by atoms with E-state index in [0.717, 1.165) is 19.3 Å². The number of amides is 2. The first-order chi connectivity index (χ1) is 9.58. The maximum Gasteiger partial charge on any atom is 0.317 e. The van der Waals surface area contributed by atoms with Gasteiger partial charge in [-0.2, -0.15) is 0 Å². The van der Waals surface area contributed by atoms with Crippen LogP contribution in [0.25, 0.3) is 0 Å². The molecular formula is C14H24N2O4. The summed E-state index contributed by atoms with van der Waals surface area (Å²) >= 11 is 0. The normalized spacial score (nSPS) is 31.3. The molecule has 0 aromatic carbocycles. The summed E-state index contributed by atoms with van der Waals surface area (Å²) in [6.07, 6.45) is 2.95. The number of aliphatic carboxylic acids is 1. The number of carboxylic acids is 1. The van der Waals surface area contributed by atoms with Crippen LogP contribution in [-0.4, -0.2) is 54.9 Å². The topological polar surface area (TPSA) is 78.9 Å². The Bertz CT molecular complexity index is 374. The molecule has 0 spiro atoms. The van der Waals surface area contributed by atoms with E-state index in [2.05, 4.69) is 5.32 Å². The van der Waals surface area contributed by atoms with Crippen molar-refractivity contribution in [3.63, 3.8) is 0 Å². The Morgan fingerprint density at radius 2 is 2.05 bits per heavy atom. The van der Waals surface area contributed by atoms with Crippen molar-refractivity contribution in [3.05, 3.63) is 0 Å². The zero-order chi connectivity index (χ0) is 14.7. The Kier molecular flexibility index (Phi) is 4.86. The third-order valence-electron chi connectivity index (χ3n) is 4.73. The molecule has 2 N–H and O–H groups in total. The van der Waals surface area contributed by atoms with Gasteiger partial charge in [0, 0.05) is 26.2 Å². The smallest absolute Gasteiger partial charge is 0.317 e. The van der Waals surface area contributed by atoms with E-state index in [-0.39, 0.29) is 18.0 Å². The number of rotatable bonds is 6. The van der Waals surface area contributed by atoms with Crippen molar-refractivity contribution in [2.45, 2.75) is 32.2 Å². The summed E-state index contributed by atoms with van der Waals surface area (Å²) in [5, 5.41) is 12.3. The first kappa shape index (κ1) is 15.1. The number of ether oxygens (including phenoxy) is 1. The summed E-state index contributed by atoms with van der Waals surface area (Å²) in [5.41, 5.74) is 0. The maximum absolute atomic E-state index is 12.2. The average molecular weight is 284 g/mol. The van der Waals surface area contributed by atoms with Gasteiger partial charge in [0.1, 0.15) is 0 Å². The summed E-state index contributed by atoms with van der Waals surface area (Å²) < 4.78 is 4.99. The molecule has 0 aromatic heterocycles. The molecule has 2 aliphatic rings. The number of hydrogen-bond acceptors (Lipinski definition) is 3. The highest BCUT2D eigenvalue weighted by Crippen LogP contribution is 2.48. The van der Waals surface area contributed by atoms with E-state index in [1.165, 1.54) is 0 Å². The minimum absolute atomic E-state index is 0.173. The zero-order valence-corrected chi connectivity index (χ0v) is 12.2. The summed E-state index contributed by atoms with van der Waals surface area (Å²) in [4.78, 5) is 25.3. The second-order valence-corrected chi connectivity index (χ2v) is 5.74. The number of likely N-dealkylation sites (N-methyl/N-ethyl adjacent to an activating group) is 1. The molecule has 4 unspecified atom stereocenters. The lowest BCUT2D eigenvalue weighted by Gasteiger charge is -2.31. The van der Waals surface area contributed by atoms with Gasteiger partial charge < -0.3 is 20.1 Å². The van der Waals surface area contributed by atoms with Gasteiger partial charge in [-0.1, -0.05) is 0 Å². The van der Waals surface area contributed by atoms with E-state index in [1.807, 2.05) is 6.92 Å². The molecule has 0 saturated heterocycles. The van der Waals surface area contributed by atoms with E-state index >= 15 is 0 Å². The number of nitrogens with zero attached hydrogens (tertiary/aromatic N) is 1. The van der Waals surface area contributed by atoms with Gasteiger partial charge in [0.2, 0.25) is 0 Å². The molecule has 4 atom stereocenters. The molecule has 2 amide bonds. The van der Waals surface area contributed by atoms with Crippen LogP contribution in [0.15, 0.2) is 0 Å². The van der Waals surface area contributed by atoms with Crippen molar-refractivity contribution < 1.29 is 19.4 Å². The number of urea groups is 1. The zero-order valence-electron chi connectivity index (χ0n) is 12.2. The Hall–Kier alpha value is -1.30. The molecule has 2 rings (SSSR count). The molecule has 2 fully saturated rings. The monoisotopic (exact) mass is 284 g/mol. The van der Waals surface area contributed by atoms with Gasteiger partial charge in [0.25, 0.3) is 0 Å². The molecule has 2 bridgehead atoms. The van der Waals surface area contributed by atoms with E-state index in [4.69, 9.17) is 4.74 Å². The third-order valence-corrected chi connectivity index (χ3v) is 4.73. The van der Waals surface area contributed by atoms with E-state index < -0.39 is 11.9 Å². The van der Waals surface area contributed by atoms with Crippen LogP contribution in [0, 0.1) is 17.8 Å². The number of methoxy groups -OCH3 is 1. The van der Waals surface area contributed by atoms with Crippen molar-refractivity contribution >= 4 is 12.0 Å². The molecular weight excluding hydrogens is 260 g/mol. The fourth-order valence-corrected chi connectivity index (χ4v) is 3.69. The largest absolute Gasteiger partial charge is 0.481 e. The van der Waals surface area contributed by atoms with E-state index in [1.54, 1.807) is 12.0 Å². The molecule has 6 nitrogen and oxygen atoms in total. The van der Waals surface area contributed by atoms with E-state index in [0.29, 0.717) is 25.6 Å². The van der Waals surface area contributed by atoms with Gasteiger partial charge in [-0.3, -0.25) is 4.79 Å². The first-order valence-corrected chi connectivity index (χ1v) is 7.35. The second-order valence-electron chi connectivity index (χ2n) is 5.74. The number of fused-ring (bicyclic) bond motifs is 2. The lowest BCUT2D eigenvalue weighted by atomic mass is 9.84. The van der Waals surface area contributed by atoms with Gasteiger partial charge in [-0.05, 0) is 38.0 Å². The van der Waals surface area contributed by atoms with Gasteiger partial charge in [-0.25, -0.2) is 4.79 Å². The minimum atomic E-state index is -0.776. The Balaban J connectivity index is 1.97. The van der Waals surface area contributed by atoms with Crippen LogP contribution in [0.4, 0.5) is 4.79 Å². The number of carbonyl (C=O) groups is 2. The fourth-order valence-electron chi connectivity index (χ4n) is 3.69. The predicted octanol–water partition coefficient (Wildman–Crippen LogP) is 1.16. The summed E-state index contributed by atoms with van der Waals surface area (Å²) in [6, 6.07) is -0.385. The average Bonchev–Trinajstić information content (AvgIpc) is 3.00. The minimum Gasteiger partial charge on any atom is -0.481 e. The highest BCUT2D eigenvalue weighted by Gasteiger charge is 2.51. The quantitative estimate of drug-likeness (QED) is 0.767. The molecule has 20 heavy (non-hydrogen) atoms. The van der Waals surface area contributed by atoms with Crippen molar-refractivity contribution in [1.29, 1.82) is 0 Å². The van der Waals surface area contributed by atoms with Gasteiger partial charge >= 0.3 is 12.0 Å². The van der Waals surface area contributed by atoms with Crippen LogP contribution in [-0.2, 0) is 9.53 Å². The molecule has 2 saturated carbocycles. The highest BCUT2D eigenvalue weighted by atomic mass is 16.5. The van der Waals surface area contributed by atoms with Gasteiger partial charge in [-0.15, -0.1) is 0 Å². The number of carbonyl (C=O) groups excluding carboxylic acids is 1. The Morgan fingerprint density at radius 3 is 2.65 bits per heavy atom. The Morgan fingerprint density at radius 1 is 1.35 bits per heavy atom. The standard InChI is InChI=1S/C14H24N2O4/c1-3-16(6-7-20-2)14(19)15-12-10-5-4-9(8-10)11(12)13(17)18/h9-12H,3-8H2,1-2H3,(H,15,19)(H,17,18).